The Morgan fingerprint density at radius 3 is 2.47 bits per heavy atom. The third-order valence-electron chi connectivity index (χ3n) is 5.89. The predicted molar refractivity (Wildman–Crippen MR) is 112 cm³/mol. The van der Waals surface area contributed by atoms with Crippen LogP contribution >= 0.6 is 0 Å². The molecule has 152 valence electrons. The van der Waals surface area contributed by atoms with E-state index in [0.717, 1.165) is 0 Å². The molecule has 1 atom stereocenters. The van der Waals surface area contributed by atoms with Crippen molar-refractivity contribution in [3.05, 3.63) is 89.5 Å². The molecule has 5 rings (SSSR count). The molecule has 0 bridgehead atoms. The average Bonchev–Trinajstić information content (AvgIpc) is 3.12. The van der Waals surface area contributed by atoms with Gasteiger partial charge in [-0.1, -0.05) is 48.5 Å². The number of carbonyl (C=O) groups excluding carboxylic acids is 1. The van der Waals surface area contributed by atoms with E-state index < -0.39 is 0 Å². The van der Waals surface area contributed by atoms with Crippen molar-refractivity contribution in [1.82, 2.24) is 15.2 Å². The Morgan fingerprint density at radius 2 is 1.77 bits per heavy atom. The van der Waals surface area contributed by atoms with Crippen molar-refractivity contribution in [1.29, 1.82) is 0 Å². The zero-order valence-corrected chi connectivity index (χ0v) is 16.4. The van der Waals surface area contributed by atoms with Gasteiger partial charge < -0.3 is 15.0 Å². The lowest BCUT2D eigenvalue weighted by Crippen LogP contribution is -2.49. The summed E-state index contributed by atoms with van der Waals surface area (Å²) < 4.78 is 19.8. The minimum Gasteiger partial charge on any atom is -0.448 e. The van der Waals surface area contributed by atoms with Gasteiger partial charge in [0.05, 0.1) is 11.7 Å². The fourth-order valence-corrected chi connectivity index (χ4v) is 4.44. The van der Waals surface area contributed by atoms with Gasteiger partial charge in [-0.3, -0.25) is 4.98 Å². The Hall–Kier alpha value is -3.25. The van der Waals surface area contributed by atoms with Gasteiger partial charge in [-0.2, -0.15) is 0 Å². The highest BCUT2D eigenvalue weighted by atomic mass is 19.1. The number of rotatable bonds is 3. The van der Waals surface area contributed by atoms with E-state index in [9.17, 15) is 9.18 Å². The molecule has 1 saturated heterocycles. The Balaban J connectivity index is 1.29. The molecule has 1 unspecified atom stereocenters. The van der Waals surface area contributed by atoms with Gasteiger partial charge in [-0.25, -0.2) is 9.18 Å². The minimum atomic E-state index is -0.375. The second kappa shape index (κ2) is 7.88. The topological polar surface area (TPSA) is 54.5 Å². The molecule has 1 aliphatic carbocycles. The first-order valence-corrected chi connectivity index (χ1v) is 10.2. The smallest absolute Gasteiger partial charge is 0.409 e. The SMILES string of the molecule is O=C(OCC1c2ccccc2-c2ccccc21)N1CCNC(c2ncccc2F)C1. The summed E-state index contributed by atoms with van der Waals surface area (Å²) in [7, 11) is 0. The van der Waals surface area contributed by atoms with E-state index in [-0.39, 0.29) is 30.5 Å². The molecule has 2 aliphatic rings. The van der Waals surface area contributed by atoms with Crippen molar-refractivity contribution in [2.45, 2.75) is 12.0 Å². The van der Waals surface area contributed by atoms with Crippen molar-refractivity contribution >= 4 is 6.09 Å². The van der Waals surface area contributed by atoms with Crippen LogP contribution in [0.2, 0.25) is 0 Å². The van der Waals surface area contributed by atoms with E-state index >= 15 is 0 Å². The molecule has 2 aromatic carbocycles. The fourth-order valence-electron chi connectivity index (χ4n) is 4.44. The maximum Gasteiger partial charge on any atom is 0.409 e. The molecule has 3 aromatic rings. The number of carbonyl (C=O) groups is 1. The summed E-state index contributed by atoms with van der Waals surface area (Å²) in [5.74, 6) is -0.349. The number of halogens is 1. The number of nitrogens with one attached hydrogen (secondary N) is 1. The third-order valence-corrected chi connectivity index (χ3v) is 5.89. The van der Waals surface area contributed by atoms with Crippen LogP contribution in [0.1, 0.15) is 28.8 Å². The van der Waals surface area contributed by atoms with Crippen molar-refractivity contribution in [3.8, 4) is 11.1 Å². The molecule has 1 fully saturated rings. The molecule has 1 N–H and O–H groups in total. The number of nitrogens with zero attached hydrogens (tertiary/aromatic N) is 2. The normalized spacial score (nSPS) is 18.0. The van der Waals surface area contributed by atoms with Crippen LogP contribution in [0.5, 0.6) is 0 Å². The van der Waals surface area contributed by atoms with Crippen LogP contribution in [0.15, 0.2) is 66.9 Å². The number of pyridine rings is 1. The van der Waals surface area contributed by atoms with Gasteiger partial charge in [0, 0.05) is 31.7 Å². The Kier molecular flexibility index (Phi) is 4.93. The summed E-state index contributed by atoms with van der Waals surface area (Å²) in [6, 6.07) is 19.1. The molecule has 2 heterocycles. The van der Waals surface area contributed by atoms with Gasteiger partial charge in [0.25, 0.3) is 0 Å². The number of amides is 1. The monoisotopic (exact) mass is 403 g/mol. The third kappa shape index (κ3) is 3.33. The van der Waals surface area contributed by atoms with Gasteiger partial charge in [-0.05, 0) is 34.4 Å². The summed E-state index contributed by atoms with van der Waals surface area (Å²) in [6.07, 6.45) is 1.19. The van der Waals surface area contributed by atoms with Gasteiger partial charge in [0.15, 0.2) is 0 Å². The first kappa shape index (κ1) is 18.8. The van der Waals surface area contributed by atoms with Crippen LogP contribution in [-0.4, -0.2) is 42.2 Å². The molecule has 5 nitrogen and oxygen atoms in total. The summed E-state index contributed by atoms with van der Waals surface area (Å²) in [5.41, 5.74) is 5.08. The van der Waals surface area contributed by atoms with Crippen LogP contribution in [-0.2, 0) is 4.74 Å². The molecule has 0 saturated carbocycles. The lowest BCUT2D eigenvalue weighted by atomic mass is 9.98. The average molecular weight is 403 g/mol. The molecular weight excluding hydrogens is 381 g/mol. The van der Waals surface area contributed by atoms with Crippen LogP contribution < -0.4 is 5.32 Å². The number of hydrogen-bond acceptors (Lipinski definition) is 4. The van der Waals surface area contributed by atoms with Crippen LogP contribution in [0, 0.1) is 5.82 Å². The van der Waals surface area contributed by atoms with E-state index in [0.29, 0.717) is 25.3 Å². The van der Waals surface area contributed by atoms with Crippen molar-refractivity contribution < 1.29 is 13.9 Å². The second-order valence-electron chi connectivity index (χ2n) is 7.63. The molecule has 0 radical (unpaired) electrons. The highest BCUT2D eigenvalue weighted by Gasteiger charge is 2.31. The summed E-state index contributed by atoms with van der Waals surface area (Å²) in [4.78, 5) is 18.6. The van der Waals surface area contributed by atoms with Crippen LogP contribution in [0.4, 0.5) is 9.18 Å². The minimum absolute atomic E-state index is 0.0216. The van der Waals surface area contributed by atoms with Crippen LogP contribution in [0.3, 0.4) is 0 Å². The predicted octanol–water partition coefficient (Wildman–Crippen LogP) is 4.12. The van der Waals surface area contributed by atoms with E-state index in [4.69, 9.17) is 4.74 Å². The molecule has 0 spiro atoms. The number of fused-ring (bicyclic) bond motifs is 3. The van der Waals surface area contributed by atoms with Gasteiger partial charge in [0.2, 0.25) is 0 Å². The summed E-state index contributed by atoms with van der Waals surface area (Å²) in [6.45, 7) is 1.68. The fraction of sp³-hybridized carbons (Fsp3) is 0.250. The van der Waals surface area contributed by atoms with Crippen molar-refractivity contribution in [2.75, 3.05) is 26.2 Å². The standard InChI is InChI=1S/C24H22FN3O2/c25-21-10-5-11-27-23(21)22-14-28(13-12-26-22)24(29)30-15-20-18-8-3-1-6-16(18)17-7-2-4-9-19(17)20/h1-11,20,22,26H,12-15H2. The number of ether oxygens (including phenoxy) is 1. The van der Waals surface area contributed by atoms with E-state index in [2.05, 4.69) is 34.6 Å². The van der Waals surface area contributed by atoms with Crippen molar-refractivity contribution in [3.63, 3.8) is 0 Å². The Bertz CT molecular complexity index is 1040. The zero-order valence-electron chi connectivity index (χ0n) is 16.4. The first-order valence-electron chi connectivity index (χ1n) is 10.2. The first-order chi connectivity index (χ1) is 14.7. The zero-order chi connectivity index (χ0) is 20.5. The second-order valence-corrected chi connectivity index (χ2v) is 7.63. The lowest BCUT2D eigenvalue weighted by Gasteiger charge is -2.33. The molecule has 6 heteroatoms. The highest BCUT2D eigenvalue weighted by molar-refractivity contribution is 5.79. The largest absolute Gasteiger partial charge is 0.448 e. The van der Waals surface area contributed by atoms with E-state index in [1.165, 1.54) is 28.3 Å². The highest BCUT2D eigenvalue weighted by Crippen LogP contribution is 2.44. The van der Waals surface area contributed by atoms with Gasteiger partial charge in [0.1, 0.15) is 12.4 Å². The Labute approximate surface area is 174 Å². The van der Waals surface area contributed by atoms with Crippen LogP contribution in [0.25, 0.3) is 11.1 Å². The molecule has 1 amide bonds. The number of piperazine rings is 1. The summed E-state index contributed by atoms with van der Waals surface area (Å²) in [5, 5.41) is 3.23. The Morgan fingerprint density at radius 1 is 1.07 bits per heavy atom. The number of hydrogen-bond donors (Lipinski definition) is 1. The van der Waals surface area contributed by atoms with Gasteiger partial charge in [-0.15, -0.1) is 0 Å². The van der Waals surface area contributed by atoms with Gasteiger partial charge >= 0.3 is 6.09 Å². The van der Waals surface area contributed by atoms with E-state index in [1.54, 1.807) is 17.2 Å². The maximum absolute atomic E-state index is 14.1. The quantitative estimate of drug-likeness (QED) is 0.715. The lowest BCUT2D eigenvalue weighted by molar-refractivity contribution is 0.0876. The van der Waals surface area contributed by atoms with E-state index in [1.807, 2.05) is 24.3 Å². The molecule has 1 aromatic heterocycles. The van der Waals surface area contributed by atoms with Crippen molar-refractivity contribution in [2.24, 2.45) is 0 Å². The summed E-state index contributed by atoms with van der Waals surface area (Å²) >= 11 is 0. The molecule has 30 heavy (non-hydrogen) atoms. The molecule has 1 aliphatic heterocycles. The maximum atomic E-state index is 14.1. The number of benzene rings is 2. The number of aromatic nitrogens is 1. The molecular formula is C24H22FN3O2.